The Kier molecular flexibility index (Phi) is 1.95. The van der Waals surface area contributed by atoms with Gasteiger partial charge in [-0.3, -0.25) is 0 Å². The molecule has 0 atom stereocenters. The molecule has 0 amide bonds. The molecule has 0 saturated carbocycles. The molecule has 0 aromatic heterocycles. The Hall–Kier alpha value is -0.440. The molecule has 3 heteroatoms. The predicted octanol–water partition coefficient (Wildman–Crippen LogP) is 3.80. The highest BCUT2D eigenvalue weighted by molar-refractivity contribution is 9.10. The van der Waals surface area contributed by atoms with E-state index in [1.807, 2.05) is 13.0 Å². The van der Waals surface area contributed by atoms with Gasteiger partial charge in [-0.25, -0.2) is 8.78 Å². The van der Waals surface area contributed by atoms with Gasteiger partial charge >= 0.3 is 0 Å². The summed E-state index contributed by atoms with van der Waals surface area (Å²) in [5, 5.41) is 0. The fourth-order valence-electron chi connectivity index (χ4n) is 1.85. The molecule has 0 radical (unpaired) electrons. The van der Waals surface area contributed by atoms with E-state index in [1.54, 1.807) is 0 Å². The molecule has 0 heterocycles. The van der Waals surface area contributed by atoms with E-state index in [2.05, 4.69) is 15.9 Å². The minimum absolute atomic E-state index is 0.0420. The van der Waals surface area contributed by atoms with Crippen LogP contribution in [0.5, 0.6) is 0 Å². The van der Waals surface area contributed by atoms with Crippen LogP contribution in [-0.4, -0.2) is 0 Å². The van der Waals surface area contributed by atoms with E-state index in [0.717, 1.165) is 15.6 Å². The molecule has 1 aromatic rings. The van der Waals surface area contributed by atoms with Crippen LogP contribution in [0.15, 0.2) is 16.6 Å². The van der Waals surface area contributed by atoms with Gasteiger partial charge in [-0.15, -0.1) is 0 Å². The van der Waals surface area contributed by atoms with Crippen molar-refractivity contribution in [3.63, 3.8) is 0 Å². The fraction of sp³-hybridized carbons (Fsp3) is 0.400. The SMILES string of the molecule is Cc1cc(Br)cc2c1CCC2(F)F. The average molecular weight is 247 g/mol. The number of fused-ring (bicyclic) bond motifs is 1. The van der Waals surface area contributed by atoms with Gasteiger partial charge in [0.25, 0.3) is 5.92 Å². The van der Waals surface area contributed by atoms with E-state index in [-0.39, 0.29) is 12.0 Å². The lowest BCUT2D eigenvalue weighted by Gasteiger charge is -2.11. The van der Waals surface area contributed by atoms with E-state index in [4.69, 9.17) is 0 Å². The third kappa shape index (κ3) is 1.39. The van der Waals surface area contributed by atoms with Crippen molar-refractivity contribution in [2.45, 2.75) is 25.7 Å². The van der Waals surface area contributed by atoms with Gasteiger partial charge in [-0.1, -0.05) is 15.9 Å². The van der Waals surface area contributed by atoms with Gasteiger partial charge in [0, 0.05) is 16.5 Å². The first-order chi connectivity index (χ1) is 6.00. The van der Waals surface area contributed by atoms with Crippen LogP contribution in [0, 0.1) is 6.92 Å². The summed E-state index contributed by atoms with van der Waals surface area (Å²) in [6.07, 6.45) is 0.459. The van der Waals surface area contributed by atoms with Gasteiger partial charge in [0.1, 0.15) is 0 Å². The smallest absolute Gasteiger partial charge is 0.201 e. The largest absolute Gasteiger partial charge is 0.273 e. The van der Waals surface area contributed by atoms with Crippen molar-refractivity contribution in [2.75, 3.05) is 0 Å². The number of aryl methyl sites for hydroxylation is 1. The molecule has 13 heavy (non-hydrogen) atoms. The highest BCUT2D eigenvalue weighted by Gasteiger charge is 2.39. The Morgan fingerprint density at radius 1 is 1.38 bits per heavy atom. The normalized spacial score (nSPS) is 18.8. The van der Waals surface area contributed by atoms with Crippen molar-refractivity contribution in [1.29, 1.82) is 0 Å². The van der Waals surface area contributed by atoms with Gasteiger partial charge in [0.05, 0.1) is 0 Å². The lowest BCUT2D eigenvalue weighted by Crippen LogP contribution is -2.07. The number of rotatable bonds is 0. The second-order valence-electron chi connectivity index (χ2n) is 3.45. The molecule has 0 fully saturated rings. The van der Waals surface area contributed by atoms with E-state index >= 15 is 0 Å². The number of hydrogen-bond donors (Lipinski definition) is 0. The predicted molar refractivity (Wildman–Crippen MR) is 51.1 cm³/mol. The summed E-state index contributed by atoms with van der Waals surface area (Å²) in [5.74, 6) is -2.62. The van der Waals surface area contributed by atoms with Crippen LogP contribution in [-0.2, 0) is 12.3 Å². The molecular weight excluding hydrogens is 238 g/mol. The summed E-state index contributed by atoms with van der Waals surface area (Å²) >= 11 is 3.23. The lowest BCUT2D eigenvalue weighted by molar-refractivity contribution is -0.00189. The topological polar surface area (TPSA) is 0 Å². The molecule has 0 nitrogen and oxygen atoms in total. The van der Waals surface area contributed by atoms with Crippen LogP contribution in [0.3, 0.4) is 0 Å². The minimum Gasteiger partial charge on any atom is -0.201 e. The Balaban J connectivity index is 2.65. The quantitative estimate of drug-likeness (QED) is 0.654. The Bertz CT molecular complexity index is 358. The molecule has 2 rings (SSSR count). The first kappa shape index (κ1) is 9.13. The van der Waals surface area contributed by atoms with Crippen LogP contribution in [0.25, 0.3) is 0 Å². The molecule has 1 aromatic carbocycles. The molecule has 0 spiro atoms. The van der Waals surface area contributed by atoms with Crippen LogP contribution in [0.2, 0.25) is 0 Å². The zero-order valence-corrected chi connectivity index (χ0v) is 8.79. The van der Waals surface area contributed by atoms with Crippen molar-refractivity contribution in [2.24, 2.45) is 0 Å². The summed E-state index contributed by atoms with van der Waals surface area (Å²) in [6, 6.07) is 3.43. The molecule has 1 aliphatic carbocycles. The van der Waals surface area contributed by atoms with Crippen molar-refractivity contribution in [3.05, 3.63) is 33.3 Å². The van der Waals surface area contributed by atoms with Crippen molar-refractivity contribution >= 4 is 15.9 Å². The molecule has 1 aliphatic rings. The molecule has 0 N–H and O–H groups in total. The lowest BCUT2D eigenvalue weighted by atomic mass is 10.0. The van der Waals surface area contributed by atoms with E-state index in [0.29, 0.717) is 6.42 Å². The van der Waals surface area contributed by atoms with E-state index in [1.165, 1.54) is 6.07 Å². The maximum atomic E-state index is 13.3. The van der Waals surface area contributed by atoms with Crippen LogP contribution in [0.4, 0.5) is 8.78 Å². The molecule has 0 bridgehead atoms. The van der Waals surface area contributed by atoms with E-state index in [9.17, 15) is 8.78 Å². The standard InChI is InChI=1S/C10H9BrF2/c1-6-4-7(11)5-9-8(6)2-3-10(9,12)13/h4-5H,2-3H2,1H3. The van der Waals surface area contributed by atoms with Gasteiger partial charge in [-0.2, -0.15) is 0 Å². The molecule has 70 valence electrons. The maximum Gasteiger partial charge on any atom is 0.273 e. The first-order valence-corrected chi connectivity index (χ1v) is 4.97. The van der Waals surface area contributed by atoms with E-state index < -0.39 is 5.92 Å². The summed E-state index contributed by atoms with van der Waals surface area (Å²) in [7, 11) is 0. The zero-order valence-electron chi connectivity index (χ0n) is 7.20. The Morgan fingerprint density at radius 3 is 2.77 bits per heavy atom. The first-order valence-electron chi connectivity index (χ1n) is 4.18. The number of benzene rings is 1. The monoisotopic (exact) mass is 246 g/mol. The van der Waals surface area contributed by atoms with Gasteiger partial charge in [0.15, 0.2) is 0 Å². The zero-order chi connectivity index (χ0) is 9.64. The van der Waals surface area contributed by atoms with Gasteiger partial charge in [-0.05, 0) is 36.6 Å². The average Bonchev–Trinajstić information content (AvgIpc) is 2.28. The van der Waals surface area contributed by atoms with Gasteiger partial charge < -0.3 is 0 Å². The van der Waals surface area contributed by atoms with Crippen LogP contribution in [0.1, 0.15) is 23.1 Å². The van der Waals surface area contributed by atoms with Gasteiger partial charge in [0.2, 0.25) is 0 Å². The third-order valence-corrected chi connectivity index (χ3v) is 2.98. The summed E-state index contributed by atoms with van der Waals surface area (Å²) < 4.78 is 27.3. The van der Waals surface area contributed by atoms with Crippen molar-refractivity contribution in [3.8, 4) is 0 Å². The summed E-state index contributed by atoms with van der Waals surface area (Å²) in [6.45, 7) is 1.88. The molecule has 0 unspecified atom stereocenters. The minimum atomic E-state index is -2.62. The highest BCUT2D eigenvalue weighted by atomic mass is 79.9. The maximum absolute atomic E-state index is 13.3. The van der Waals surface area contributed by atoms with Crippen LogP contribution >= 0.6 is 15.9 Å². The molecular formula is C10H9BrF2. The fourth-order valence-corrected chi connectivity index (χ4v) is 2.42. The third-order valence-electron chi connectivity index (χ3n) is 2.52. The number of halogens is 3. The second kappa shape index (κ2) is 2.77. The summed E-state index contributed by atoms with van der Waals surface area (Å²) in [4.78, 5) is 0. The van der Waals surface area contributed by atoms with Crippen LogP contribution < -0.4 is 0 Å². The second-order valence-corrected chi connectivity index (χ2v) is 4.37. The molecule has 0 aliphatic heterocycles. The number of hydrogen-bond acceptors (Lipinski definition) is 0. The number of alkyl halides is 2. The summed E-state index contributed by atoms with van der Waals surface area (Å²) in [5.41, 5.74) is 1.99. The Labute approximate surface area is 84.1 Å². The molecule has 0 saturated heterocycles. The highest BCUT2D eigenvalue weighted by Crippen LogP contribution is 2.43. The van der Waals surface area contributed by atoms with Crippen molar-refractivity contribution in [1.82, 2.24) is 0 Å². The Morgan fingerprint density at radius 2 is 2.08 bits per heavy atom. The van der Waals surface area contributed by atoms with Crippen molar-refractivity contribution < 1.29 is 8.78 Å².